The van der Waals surface area contributed by atoms with Gasteiger partial charge in [0.1, 0.15) is 6.04 Å². The van der Waals surface area contributed by atoms with Crippen molar-refractivity contribution in [3.05, 3.63) is 35.9 Å². The van der Waals surface area contributed by atoms with E-state index in [2.05, 4.69) is 16.2 Å². The van der Waals surface area contributed by atoms with Crippen molar-refractivity contribution in [1.82, 2.24) is 16.2 Å². The summed E-state index contributed by atoms with van der Waals surface area (Å²) in [4.78, 5) is 36.0. The molecule has 3 N–H and O–H groups in total. The van der Waals surface area contributed by atoms with E-state index in [1.165, 1.54) is 0 Å². The number of benzene rings is 1. The first-order chi connectivity index (χ1) is 10.8. The van der Waals surface area contributed by atoms with Gasteiger partial charge in [-0.05, 0) is 24.0 Å². The summed E-state index contributed by atoms with van der Waals surface area (Å²) < 4.78 is 0. The smallest absolute Gasteiger partial charge is 0.269 e. The highest BCUT2D eigenvalue weighted by molar-refractivity contribution is 5.96. The molecule has 1 atom stereocenters. The molecule has 0 aliphatic heterocycles. The van der Waals surface area contributed by atoms with Crippen molar-refractivity contribution in [1.29, 1.82) is 0 Å². The predicted molar refractivity (Wildman–Crippen MR) is 88.3 cm³/mol. The average molecular weight is 319 g/mol. The summed E-state index contributed by atoms with van der Waals surface area (Å²) in [6.45, 7) is 7.53. The third-order valence-corrected chi connectivity index (χ3v) is 3.19. The number of rotatable bonds is 6. The fourth-order valence-electron chi connectivity index (χ4n) is 2.00. The van der Waals surface area contributed by atoms with Crippen molar-refractivity contribution >= 4 is 17.7 Å². The van der Waals surface area contributed by atoms with E-state index >= 15 is 0 Å². The predicted octanol–water partition coefficient (Wildman–Crippen LogP) is 1.63. The molecule has 0 aliphatic carbocycles. The molecule has 0 saturated heterocycles. The monoisotopic (exact) mass is 319 g/mol. The summed E-state index contributed by atoms with van der Waals surface area (Å²) in [5.74, 6) is -0.914. The van der Waals surface area contributed by atoms with Crippen LogP contribution in [0, 0.1) is 11.8 Å². The standard InChI is InChI=1S/C17H25N3O3/c1-11(2)10-14(21)18-15(12(3)4)17(23)20-19-16(22)13-8-6-5-7-9-13/h5-9,11-12,15H,10H2,1-4H3,(H,18,21)(H,19,22)(H,20,23). The maximum atomic E-state index is 12.2. The third-order valence-electron chi connectivity index (χ3n) is 3.19. The Bertz CT molecular complexity index is 541. The number of nitrogens with one attached hydrogen (secondary N) is 3. The van der Waals surface area contributed by atoms with Crippen LogP contribution in [0.5, 0.6) is 0 Å². The van der Waals surface area contributed by atoms with Crippen LogP contribution in [0.2, 0.25) is 0 Å². The molecule has 0 aliphatic rings. The van der Waals surface area contributed by atoms with Crippen LogP contribution >= 0.6 is 0 Å². The Morgan fingerprint density at radius 1 is 0.957 bits per heavy atom. The molecule has 6 heteroatoms. The number of hydrogen-bond acceptors (Lipinski definition) is 3. The lowest BCUT2D eigenvalue weighted by Crippen LogP contribution is -2.54. The van der Waals surface area contributed by atoms with Gasteiger partial charge >= 0.3 is 0 Å². The first-order valence-corrected chi connectivity index (χ1v) is 7.75. The van der Waals surface area contributed by atoms with E-state index in [0.717, 1.165) is 0 Å². The van der Waals surface area contributed by atoms with E-state index in [9.17, 15) is 14.4 Å². The number of hydrazine groups is 1. The molecule has 0 heterocycles. The van der Waals surface area contributed by atoms with Crippen LogP contribution in [0.4, 0.5) is 0 Å². The topological polar surface area (TPSA) is 87.3 Å². The Hall–Kier alpha value is -2.37. The van der Waals surface area contributed by atoms with Gasteiger partial charge in [-0.15, -0.1) is 0 Å². The van der Waals surface area contributed by atoms with Crippen molar-refractivity contribution in [3.8, 4) is 0 Å². The third kappa shape index (κ3) is 6.50. The fraction of sp³-hybridized carbons (Fsp3) is 0.471. The maximum Gasteiger partial charge on any atom is 0.269 e. The first-order valence-electron chi connectivity index (χ1n) is 7.75. The molecule has 0 radical (unpaired) electrons. The number of carbonyl (C=O) groups is 3. The van der Waals surface area contributed by atoms with Crippen molar-refractivity contribution in [2.24, 2.45) is 11.8 Å². The first kappa shape index (κ1) is 18.7. The molecular formula is C17H25N3O3. The highest BCUT2D eigenvalue weighted by Gasteiger charge is 2.24. The van der Waals surface area contributed by atoms with Crippen LogP contribution in [0.25, 0.3) is 0 Å². The quantitative estimate of drug-likeness (QED) is 0.697. The molecule has 23 heavy (non-hydrogen) atoms. The van der Waals surface area contributed by atoms with Gasteiger partial charge in [-0.3, -0.25) is 25.2 Å². The highest BCUT2D eigenvalue weighted by Crippen LogP contribution is 2.05. The van der Waals surface area contributed by atoms with Gasteiger partial charge in [0.15, 0.2) is 0 Å². The molecule has 0 bridgehead atoms. The van der Waals surface area contributed by atoms with Crippen molar-refractivity contribution < 1.29 is 14.4 Å². The molecule has 0 aromatic heterocycles. The Labute approximate surface area is 137 Å². The molecule has 0 fully saturated rings. The summed E-state index contributed by atoms with van der Waals surface area (Å²) in [5, 5.41) is 2.71. The van der Waals surface area contributed by atoms with Crippen molar-refractivity contribution in [2.45, 2.75) is 40.2 Å². The molecular weight excluding hydrogens is 294 g/mol. The van der Waals surface area contributed by atoms with Gasteiger partial charge in [0.25, 0.3) is 11.8 Å². The van der Waals surface area contributed by atoms with Gasteiger partial charge in [-0.25, -0.2) is 0 Å². The summed E-state index contributed by atoms with van der Waals surface area (Å²) >= 11 is 0. The molecule has 1 aromatic carbocycles. The molecule has 3 amide bonds. The largest absolute Gasteiger partial charge is 0.344 e. The summed E-state index contributed by atoms with van der Waals surface area (Å²) in [6, 6.07) is 7.86. The van der Waals surface area contributed by atoms with Gasteiger partial charge in [0.05, 0.1) is 0 Å². The Morgan fingerprint density at radius 2 is 1.57 bits per heavy atom. The normalized spacial score (nSPS) is 11.9. The molecule has 1 rings (SSSR count). The SMILES string of the molecule is CC(C)CC(=O)NC(C(=O)NNC(=O)c1ccccc1)C(C)C. The number of hydrogen-bond donors (Lipinski definition) is 3. The Kier molecular flexibility index (Phi) is 7.25. The zero-order valence-electron chi connectivity index (χ0n) is 14.1. The molecule has 0 saturated carbocycles. The molecule has 6 nitrogen and oxygen atoms in total. The van der Waals surface area contributed by atoms with Crippen molar-refractivity contribution in [3.63, 3.8) is 0 Å². The van der Waals surface area contributed by atoms with Crippen LogP contribution in [0.15, 0.2) is 30.3 Å². The lowest BCUT2D eigenvalue weighted by molar-refractivity contribution is -0.130. The molecule has 1 aromatic rings. The van der Waals surface area contributed by atoms with Gasteiger partial charge in [-0.1, -0.05) is 45.9 Å². The van der Waals surface area contributed by atoms with Crippen LogP contribution in [-0.2, 0) is 9.59 Å². The summed E-state index contributed by atoms with van der Waals surface area (Å²) in [5.41, 5.74) is 5.17. The molecule has 1 unspecified atom stereocenters. The molecule has 126 valence electrons. The fourth-order valence-corrected chi connectivity index (χ4v) is 2.00. The molecule has 0 spiro atoms. The zero-order chi connectivity index (χ0) is 17.4. The summed E-state index contributed by atoms with van der Waals surface area (Å²) in [7, 11) is 0. The minimum atomic E-state index is -0.697. The lowest BCUT2D eigenvalue weighted by atomic mass is 10.0. The second-order valence-corrected chi connectivity index (χ2v) is 6.20. The number of carbonyl (C=O) groups excluding carboxylic acids is 3. The highest BCUT2D eigenvalue weighted by atomic mass is 16.2. The minimum Gasteiger partial charge on any atom is -0.344 e. The maximum absolute atomic E-state index is 12.2. The Balaban J connectivity index is 2.58. The Morgan fingerprint density at radius 3 is 2.09 bits per heavy atom. The minimum absolute atomic E-state index is 0.0975. The van der Waals surface area contributed by atoms with Crippen LogP contribution < -0.4 is 16.2 Å². The van der Waals surface area contributed by atoms with Gasteiger partial charge in [-0.2, -0.15) is 0 Å². The van der Waals surface area contributed by atoms with Crippen molar-refractivity contribution in [2.75, 3.05) is 0 Å². The van der Waals surface area contributed by atoms with E-state index in [4.69, 9.17) is 0 Å². The average Bonchev–Trinajstić information content (AvgIpc) is 2.49. The van der Waals surface area contributed by atoms with E-state index < -0.39 is 17.9 Å². The second-order valence-electron chi connectivity index (χ2n) is 6.20. The van der Waals surface area contributed by atoms with Gasteiger partial charge in [0, 0.05) is 12.0 Å². The van der Waals surface area contributed by atoms with Crippen LogP contribution in [0.3, 0.4) is 0 Å². The van der Waals surface area contributed by atoms with Crippen LogP contribution in [0.1, 0.15) is 44.5 Å². The lowest BCUT2D eigenvalue weighted by Gasteiger charge is -2.22. The second kappa shape index (κ2) is 8.92. The van der Waals surface area contributed by atoms with Gasteiger partial charge in [0.2, 0.25) is 5.91 Å². The summed E-state index contributed by atoms with van der Waals surface area (Å²) in [6.07, 6.45) is 0.354. The van der Waals surface area contributed by atoms with E-state index in [0.29, 0.717) is 12.0 Å². The van der Waals surface area contributed by atoms with E-state index in [1.807, 2.05) is 27.7 Å². The van der Waals surface area contributed by atoms with Gasteiger partial charge < -0.3 is 5.32 Å². The number of amides is 3. The zero-order valence-corrected chi connectivity index (χ0v) is 14.1. The van der Waals surface area contributed by atoms with E-state index in [1.54, 1.807) is 30.3 Å². The van der Waals surface area contributed by atoms with Crippen LogP contribution in [-0.4, -0.2) is 23.8 Å². The van der Waals surface area contributed by atoms with E-state index in [-0.39, 0.29) is 17.7 Å².